The van der Waals surface area contributed by atoms with Gasteiger partial charge in [0.1, 0.15) is 11.0 Å². The van der Waals surface area contributed by atoms with Gasteiger partial charge in [-0.15, -0.1) is 0 Å². The number of ether oxygens (including phenoxy) is 1. The fourth-order valence-corrected chi connectivity index (χ4v) is 1.95. The highest BCUT2D eigenvalue weighted by atomic mass is 79.9. The highest BCUT2D eigenvalue weighted by molar-refractivity contribution is 9.10. The molecule has 0 amide bonds. The summed E-state index contributed by atoms with van der Waals surface area (Å²) in [5, 5.41) is 10.6. The minimum absolute atomic E-state index is 0.239. The lowest BCUT2D eigenvalue weighted by molar-refractivity contribution is -0.141. The number of halogens is 1. The van der Waals surface area contributed by atoms with E-state index in [4.69, 9.17) is 0 Å². The second kappa shape index (κ2) is 6.97. The average Bonchev–Trinajstić information content (AvgIpc) is 2.99. The second-order valence-electron chi connectivity index (χ2n) is 3.94. The van der Waals surface area contributed by atoms with Gasteiger partial charge in [0.05, 0.1) is 19.0 Å². The summed E-state index contributed by atoms with van der Waals surface area (Å²) in [5.74, 6) is 0.0138. The van der Waals surface area contributed by atoms with Crippen LogP contribution in [-0.2, 0) is 22.5 Å². The van der Waals surface area contributed by atoms with Gasteiger partial charge in [-0.25, -0.2) is 4.68 Å². The Labute approximate surface area is 127 Å². The van der Waals surface area contributed by atoms with Gasteiger partial charge in [0.25, 0.3) is 5.56 Å². The average molecular weight is 358 g/mol. The number of carbonyl (C=O) groups is 1. The van der Waals surface area contributed by atoms with Crippen LogP contribution in [0.1, 0.15) is 5.82 Å². The first-order valence-corrected chi connectivity index (χ1v) is 6.72. The number of methoxy groups -OCH3 is 1. The number of aromatic nitrogens is 4. The molecule has 2 aromatic rings. The molecule has 0 aliphatic carbocycles. The molecule has 0 bridgehead atoms. The molecule has 10 heteroatoms. The molecule has 0 spiro atoms. The maximum Gasteiger partial charge on any atom is 0.327 e. The molecule has 2 aromatic heterocycles. The Morgan fingerprint density at radius 1 is 1.57 bits per heavy atom. The summed E-state index contributed by atoms with van der Waals surface area (Å²) >= 11 is 3.18. The molecular weight excluding hydrogens is 346 g/mol. The van der Waals surface area contributed by atoms with Crippen LogP contribution >= 0.6 is 15.9 Å². The zero-order valence-corrected chi connectivity index (χ0v) is 12.7. The zero-order chi connectivity index (χ0) is 15.2. The first kappa shape index (κ1) is 15.2. The molecule has 9 nitrogen and oxygen atoms in total. The van der Waals surface area contributed by atoms with Crippen molar-refractivity contribution in [1.29, 1.82) is 0 Å². The Morgan fingerprint density at radius 3 is 3.05 bits per heavy atom. The van der Waals surface area contributed by atoms with Gasteiger partial charge < -0.3 is 14.6 Å². The Hall–Kier alpha value is -2.23. The minimum atomic E-state index is -0.547. The van der Waals surface area contributed by atoms with E-state index in [2.05, 4.69) is 45.7 Å². The van der Waals surface area contributed by atoms with Crippen molar-refractivity contribution in [2.24, 2.45) is 0 Å². The van der Waals surface area contributed by atoms with E-state index in [1.807, 2.05) is 0 Å². The number of nitrogens with one attached hydrogen (secondary N) is 1. The molecule has 1 N–H and O–H groups in total. The van der Waals surface area contributed by atoms with E-state index in [9.17, 15) is 9.59 Å². The summed E-state index contributed by atoms with van der Waals surface area (Å²) < 4.78 is 10.4. The van der Waals surface area contributed by atoms with Crippen LogP contribution in [0.4, 0.5) is 5.69 Å². The van der Waals surface area contributed by atoms with Crippen molar-refractivity contribution in [3.8, 4) is 0 Å². The van der Waals surface area contributed by atoms with E-state index in [0.29, 0.717) is 24.5 Å². The fraction of sp³-hybridized carbons (Fsp3) is 0.364. The first-order chi connectivity index (χ1) is 10.1. The quantitative estimate of drug-likeness (QED) is 0.730. The summed E-state index contributed by atoms with van der Waals surface area (Å²) in [4.78, 5) is 27.0. The van der Waals surface area contributed by atoms with Gasteiger partial charge in [0.2, 0.25) is 6.39 Å². The van der Waals surface area contributed by atoms with E-state index in [0.717, 1.165) is 4.68 Å². The number of nitrogens with zero attached hydrogens (tertiary/aromatic N) is 4. The van der Waals surface area contributed by atoms with Gasteiger partial charge in [-0.1, -0.05) is 5.16 Å². The van der Waals surface area contributed by atoms with Crippen LogP contribution in [0.5, 0.6) is 0 Å². The third kappa shape index (κ3) is 3.88. The van der Waals surface area contributed by atoms with Crippen LogP contribution in [0.15, 0.2) is 26.4 Å². The van der Waals surface area contributed by atoms with E-state index in [-0.39, 0.29) is 11.0 Å². The molecular formula is C11H12BrN5O4. The molecule has 112 valence electrons. The summed E-state index contributed by atoms with van der Waals surface area (Å²) in [7, 11) is 1.25. The molecule has 2 rings (SSSR count). The van der Waals surface area contributed by atoms with Crippen molar-refractivity contribution in [1.82, 2.24) is 19.9 Å². The number of hydrogen-bond acceptors (Lipinski definition) is 8. The molecule has 0 fully saturated rings. The number of anilines is 1. The number of esters is 1. The molecule has 0 unspecified atom stereocenters. The highest BCUT2D eigenvalue weighted by Gasteiger charge is 2.11. The Bertz CT molecular complexity index is 670. The molecule has 0 saturated heterocycles. The molecule has 0 radical (unpaired) electrons. The molecule has 0 aromatic carbocycles. The maximum absolute atomic E-state index is 12.0. The lowest BCUT2D eigenvalue weighted by atomic mass is 10.4. The second-order valence-corrected chi connectivity index (χ2v) is 4.73. The van der Waals surface area contributed by atoms with Gasteiger partial charge in [0.15, 0.2) is 5.82 Å². The van der Waals surface area contributed by atoms with Gasteiger partial charge in [-0.05, 0) is 15.9 Å². The smallest absolute Gasteiger partial charge is 0.327 e. The number of rotatable bonds is 6. The molecule has 2 heterocycles. The minimum Gasteiger partial charge on any atom is -0.468 e. The standard InChI is InChI=1S/C11H12BrN5O4/c1-20-9(18)5-17-11(19)10(12)7(4-15-17)13-3-2-8-14-6-21-16-8/h4,6,13H,2-3,5H2,1H3. The third-order valence-electron chi connectivity index (χ3n) is 2.56. The summed E-state index contributed by atoms with van der Waals surface area (Å²) in [6.45, 7) is 0.261. The van der Waals surface area contributed by atoms with Crippen molar-refractivity contribution >= 4 is 27.6 Å². The SMILES string of the molecule is COC(=O)Cn1ncc(NCCc2ncon2)c(Br)c1=O. The van der Waals surface area contributed by atoms with E-state index in [1.54, 1.807) is 0 Å². The summed E-state index contributed by atoms with van der Waals surface area (Å²) in [5.41, 5.74) is 0.0922. The van der Waals surface area contributed by atoms with Crippen LogP contribution in [0.2, 0.25) is 0 Å². The summed E-state index contributed by atoms with van der Waals surface area (Å²) in [6.07, 6.45) is 3.24. The van der Waals surface area contributed by atoms with Crippen LogP contribution in [-0.4, -0.2) is 39.5 Å². The molecule has 21 heavy (non-hydrogen) atoms. The Morgan fingerprint density at radius 2 is 2.38 bits per heavy atom. The topological polar surface area (TPSA) is 112 Å². The number of carbonyl (C=O) groups excluding carboxylic acids is 1. The van der Waals surface area contributed by atoms with Crippen LogP contribution in [0.3, 0.4) is 0 Å². The zero-order valence-electron chi connectivity index (χ0n) is 11.1. The van der Waals surface area contributed by atoms with E-state index >= 15 is 0 Å². The predicted molar refractivity (Wildman–Crippen MR) is 74.7 cm³/mol. The largest absolute Gasteiger partial charge is 0.468 e. The van der Waals surface area contributed by atoms with E-state index in [1.165, 1.54) is 19.7 Å². The van der Waals surface area contributed by atoms with Gasteiger partial charge in [-0.2, -0.15) is 10.1 Å². The van der Waals surface area contributed by atoms with Crippen LogP contribution in [0, 0.1) is 0 Å². The van der Waals surface area contributed by atoms with Gasteiger partial charge >= 0.3 is 5.97 Å². The van der Waals surface area contributed by atoms with Crippen LogP contribution in [0.25, 0.3) is 0 Å². The van der Waals surface area contributed by atoms with Crippen molar-refractivity contribution in [2.75, 3.05) is 19.0 Å². The molecule has 0 atom stereocenters. The van der Waals surface area contributed by atoms with Crippen molar-refractivity contribution < 1.29 is 14.1 Å². The monoisotopic (exact) mass is 357 g/mol. The van der Waals surface area contributed by atoms with Crippen molar-refractivity contribution in [3.63, 3.8) is 0 Å². The first-order valence-electron chi connectivity index (χ1n) is 5.93. The lowest BCUT2D eigenvalue weighted by Gasteiger charge is -2.09. The van der Waals surface area contributed by atoms with E-state index < -0.39 is 11.5 Å². The lowest BCUT2D eigenvalue weighted by Crippen LogP contribution is -2.28. The number of hydrogen-bond donors (Lipinski definition) is 1. The maximum atomic E-state index is 12.0. The predicted octanol–water partition coefficient (Wildman–Crippen LogP) is 0.216. The Kier molecular flexibility index (Phi) is 5.04. The fourth-order valence-electron chi connectivity index (χ4n) is 1.50. The normalized spacial score (nSPS) is 10.4. The molecule has 0 aliphatic rings. The third-order valence-corrected chi connectivity index (χ3v) is 3.33. The molecule has 0 aliphatic heterocycles. The van der Waals surface area contributed by atoms with Crippen molar-refractivity contribution in [2.45, 2.75) is 13.0 Å². The molecule has 0 saturated carbocycles. The van der Waals surface area contributed by atoms with Crippen LogP contribution < -0.4 is 10.9 Å². The van der Waals surface area contributed by atoms with Crippen molar-refractivity contribution in [3.05, 3.63) is 33.2 Å². The summed E-state index contributed by atoms with van der Waals surface area (Å²) in [6, 6.07) is 0. The van der Waals surface area contributed by atoms with Gasteiger partial charge in [0, 0.05) is 13.0 Å². The Balaban J connectivity index is 2.02. The highest BCUT2D eigenvalue weighted by Crippen LogP contribution is 2.15. The van der Waals surface area contributed by atoms with Gasteiger partial charge in [-0.3, -0.25) is 9.59 Å².